The fourth-order valence-electron chi connectivity index (χ4n) is 2.08. The van der Waals surface area contributed by atoms with Crippen molar-refractivity contribution < 1.29 is 14.8 Å². The van der Waals surface area contributed by atoms with E-state index in [1.54, 1.807) is 12.1 Å². The number of non-ortho nitro benzene ring substituents is 1. The molecule has 0 aliphatic heterocycles. The summed E-state index contributed by atoms with van der Waals surface area (Å²) in [5.41, 5.74) is 0.0639. The van der Waals surface area contributed by atoms with Gasteiger partial charge in [0.05, 0.1) is 11.0 Å². The highest BCUT2D eigenvalue weighted by Gasteiger charge is 2.26. The van der Waals surface area contributed by atoms with Gasteiger partial charge in [0.15, 0.2) is 0 Å². The van der Waals surface area contributed by atoms with Gasteiger partial charge in [0, 0.05) is 18.7 Å². The monoisotopic (exact) mass is 266 g/mol. The summed E-state index contributed by atoms with van der Waals surface area (Å²) in [6.45, 7) is 2.15. The molecule has 2 N–H and O–H groups in total. The third kappa shape index (κ3) is 4.18. The Hall–Kier alpha value is -1.66. The van der Waals surface area contributed by atoms with Crippen molar-refractivity contribution in [1.82, 2.24) is 5.32 Å². The van der Waals surface area contributed by atoms with Crippen LogP contribution in [-0.2, 0) is 0 Å². The van der Waals surface area contributed by atoms with Crippen LogP contribution in [0.4, 0.5) is 5.69 Å². The predicted molar refractivity (Wildman–Crippen MR) is 70.2 cm³/mol. The van der Waals surface area contributed by atoms with Gasteiger partial charge in [-0.1, -0.05) is 0 Å². The molecule has 0 spiro atoms. The SMILES string of the molecule is O=[N+]([O-])c1ccc(OCCNCC2CC(O)C2)cc1. The predicted octanol–water partition coefficient (Wildman–Crippen LogP) is 1.33. The zero-order valence-corrected chi connectivity index (χ0v) is 10.6. The molecule has 0 saturated heterocycles. The summed E-state index contributed by atoms with van der Waals surface area (Å²) in [6.07, 6.45) is 1.66. The maximum atomic E-state index is 10.5. The second-order valence-electron chi connectivity index (χ2n) is 4.79. The Kier molecular flexibility index (Phi) is 4.70. The molecular formula is C13H18N2O4. The van der Waals surface area contributed by atoms with Crippen LogP contribution >= 0.6 is 0 Å². The summed E-state index contributed by atoms with van der Waals surface area (Å²) in [5, 5.41) is 22.9. The number of nitro benzene ring substituents is 1. The third-order valence-corrected chi connectivity index (χ3v) is 3.24. The number of aliphatic hydroxyl groups excluding tert-OH is 1. The van der Waals surface area contributed by atoms with E-state index in [1.165, 1.54) is 12.1 Å². The van der Waals surface area contributed by atoms with Crippen LogP contribution < -0.4 is 10.1 Å². The van der Waals surface area contributed by atoms with Crippen molar-refractivity contribution in [2.75, 3.05) is 19.7 Å². The Bertz CT molecular complexity index is 415. The first kappa shape index (κ1) is 13.8. The van der Waals surface area contributed by atoms with Crippen LogP contribution in [-0.4, -0.2) is 35.8 Å². The van der Waals surface area contributed by atoms with E-state index in [0.717, 1.165) is 25.9 Å². The van der Waals surface area contributed by atoms with Crippen molar-refractivity contribution in [3.8, 4) is 5.75 Å². The molecule has 1 saturated carbocycles. The zero-order chi connectivity index (χ0) is 13.7. The summed E-state index contributed by atoms with van der Waals surface area (Å²) < 4.78 is 5.46. The van der Waals surface area contributed by atoms with E-state index in [2.05, 4.69) is 5.32 Å². The fraction of sp³-hybridized carbons (Fsp3) is 0.538. The number of aliphatic hydroxyl groups is 1. The lowest BCUT2D eigenvalue weighted by Gasteiger charge is -2.31. The quantitative estimate of drug-likeness (QED) is 0.442. The van der Waals surface area contributed by atoms with Gasteiger partial charge in [-0.05, 0) is 37.4 Å². The second kappa shape index (κ2) is 6.49. The van der Waals surface area contributed by atoms with E-state index in [9.17, 15) is 10.1 Å². The number of hydrogen-bond acceptors (Lipinski definition) is 5. The molecule has 6 heteroatoms. The molecule has 1 aromatic rings. The molecule has 1 aromatic carbocycles. The molecule has 0 unspecified atom stereocenters. The molecule has 0 bridgehead atoms. The largest absolute Gasteiger partial charge is 0.492 e. The molecule has 2 rings (SSSR count). The van der Waals surface area contributed by atoms with Crippen LogP contribution in [0.2, 0.25) is 0 Å². The van der Waals surface area contributed by atoms with Crippen molar-refractivity contribution in [1.29, 1.82) is 0 Å². The van der Waals surface area contributed by atoms with Crippen LogP contribution in [0, 0.1) is 16.0 Å². The van der Waals surface area contributed by atoms with Gasteiger partial charge in [0.25, 0.3) is 5.69 Å². The van der Waals surface area contributed by atoms with Gasteiger partial charge in [0.2, 0.25) is 0 Å². The third-order valence-electron chi connectivity index (χ3n) is 3.24. The van der Waals surface area contributed by atoms with Crippen molar-refractivity contribution in [3.05, 3.63) is 34.4 Å². The molecule has 6 nitrogen and oxygen atoms in total. The summed E-state index contributed by atoms with van der Waals surface area (Å²) >= 11 is 0. The maximum Gasteiger partial charge on any atom is 0.269 e. The second-order valence-corrected chi connectivity index (χ2v) is 4.79. The molecule has 0 radical (unpaired) electrons. The molecule has 19 heavy (non-hydrogen) atoms. The summed E-state index contributed by atoms with van der Waals surface area (Å²) in [4.78, 5) is 10.0. The first-order chi connectivity index (χ1) is 9.15. The number of nitrogens with zero attached hydrogens (tertiary/aromatic N) is 1. The van der Waals surface area contributed by atoms with Crippen molar-refractivity contribution in [2.45, 2.75) is 18.9 Å². The van der Waals surface area contributed by atoms with E-state index in [4.69, 9.17) is 9.84 Å². The topological polar surface area (TPSA) is 84.6 Å². The number of nitrogens with one attached hydrogen (secondary N) is 1. The molecule has 1 aliphatic rings. The van der Waals surface area contributed by atoms with Gasteiger partial charge in [0.1, 0.15) is 12.4 Å². The van der Waals surface area contributed by atoms with E-state index in [1.807, 2.05) is 0 Å². The standard InChI is InChI=1S/C13H18N2O4/c16-12-7-10(8-12)9-14-5-6-19-13-3-1-11(2-4-13)15(17)18/h1-4,10,12,14,16H,5-9H2. The minimum Gasteiger partial charge on any atom is -0.492 e. The summed E-state index contributed by atoms with van der Waals surface area (Å²) in [7, 11) is 0. The van der Waals surface area contributed by atoms with E-state index >= 15 is 0 Å². The summed E-state index contributed by atoms with van der Waals surface area (Å²) in [6, 6.07) is 6.05. The first-order valence-corrected chi connectivity index (χ1v) is 6.41. The van der Waals surface area contributed by atoms with E-state index < -0.39 is 4.92 Å². The highest BCUT2D eigenvalue weighted by atomic mass is 16.6. The molecule has 0 amide bonds. The molecule has 0 heterocycles. The van der Waals surface area contributed by atoms with Crippen molar-refractivity contribution >= 4 is 5.69 Å². The Morgan fingerprint density at radius 2 is 2.05 bits per heavy atom. The Morgan fingerprint density at radius 3 is 2.63 bits per heavy atom. The van der Waals surface area contributed by atoms with Crippen LogP contribution in [0.3, 0.4) is 0 Å². The molecule has 1 aliphatic carbocycles. The van der Waals surface area contributed by atoms with E-state index in [0.29, 0.717) is 18.3 Å². The van der Waals surface area contributed by atoms with Gasteiger partial charge < -0.3 is 15.2 Å². The minimum atomic E-state index is -0.432. The van der Waals surface area contributed by atoms with Gasteiger partial charge in [-0.15, -0.1) is 0 Å². The lowest BCUT2D eigenvalue weighted by molar-refractivity contribution is -0.384. The average Bonchev–Trinajstić information content (AvgIpc) is 2.36. The van der Waals surface area contributed by atoms with Crippen LogP contribution in [0.25, 0.3) is 0 Å². The number of nitro groups is 1. The normalized spacial score (nSPS) is 21.7. The van der Waals surface area contributed by atoms with Crippen molar-refractivity contribution in [2.24, 2.45) is 5.92 Å². The summed E-state index contributed by atoms with van der Waals surface area (Å²) in [5.74, 6) is 1.21. The highest BCUT2D eigenvalue weighted by Crippen LogP contribution is 2.25. The van der Waals surface area contributed by atoms with Gasteiger partial charge in [-0.2, -0.15) is 0 Å². The zero-order valence-electron chi connectivity index (χ0n) is 10.6. The smallest absolute Gasteiger partial charge is 0.269 e. The Labute approximate surface area is 111 Å². The van der Waals surface area contributed by atoms with E-state index in [-0.39, 0.29) is 11.8 Å². The van der Waals surface area contributed by atoms with Gasteiger partial charge in [-0.3, -0.25) is 10.1 Å². The number of rotatable bonds is 7. The number of benzene rings is 1. The molecular weight excluding hydrogens is 248 g/mol. The van der Waals surface area contributed by atoms with Crippen LogP contribution in [0.5, 0.6) is 5.75 Å². The van der Waals surface area contributed by atoms with Crippen LogP contribution in [0.15, 0.2) is 24.3 Å². The van der Waals surface area contributed by atoms with Gasteiger partial charge >= 0.3 is 0 Å². The molecule has 0 atom stereocenters. The first-order valence-electron chi connectivity index (χ1n) is 6.41. The maximum absolute atomic E-state index is 10.5. The minimum absolute atomic E-state index is 0.0639. The highest BCUT2D eigenvalue weighted by molar-refractivity contribution is 5.35. The Balaban J connectivity index is 1.59. The number of ether oxygens (including phenoxy) is 1. The lowest BCUT2D eigenvalue weighted by atomic mass is 9.82. The van der Waals surface area contributed by atoms with Gasteiger partial charge in [-0.25, -0.2) is 0 Å². The Morgan fingerprint density at radius 1 is 1.37 bits per heavy atom. The fourth-order valence-corrected chi connectivity index (χ4v) is 2.08. The molecule has 104 valence electrons. The number of hydrogen-bond donors (Lipinski definition) is 2. The van der Waals surface area contributed by atoms with Crippen LogP contribution in [0.1, 0.15) is 12.8 Å². The molecule has 0 aromatic heterocycles. The lowest BCUT2D eigenvalue weighted by Crippen LogP contribution is -2.37. The molecule has 1 fully saturated rings. The van der Waals surface area contributed by atoms with Crippen molar-refractivity contribution in [3.63, 3.8) is 0 Å². The average molecular weight is 266 g/mol.